The average Bonchev–Trinajstić information content (AvgIpc) is 3.13. The van der Waals surface area contributed by atoms with Gasteiger partial charge < -0.3 is 14.8 Å². The quantitative estimate of drug-likeness (QED) is 0.665. The number of aryl methyl sites for hydroxylation is 4. The highest BCUT2D eigenvalue weighted by atomic mass is 16.5. The smallest absolute Gasteiger partial charge is 0.137 e. The third kappa shape index (κ3) is 3.11. The van der Waals surface area contributed by atoms with Crippen molar-refractivity contribution in [3.05, 3.63) is 52.0 Å². The van der Waals surface area contributed by atoms with Gasteiger partial charge in [-0.25, -0.2) is 0 Å². The molecule has 25 heavy (non-hydrogen) atoms. The zero-order valence-electron chi connectivity index (χ0n) is 15.4. The molecule has 1 atom stereocenters. The fourth-order valence-corrected chi connectivity index (χ4v) is 4.18. The van der Waals surface area contributed by atoms with Crippen LogP contribution in [-0.4, -0.2) is 16.7 Å². The lowest BCUT2D eigenvalue weighted by Crippen LogP contribution is -2.26. The van der Waals surface area contributed by atoms with E-state index in [1.54, 1.807) is 0 Å². The summed E-state index contributed by atoms with van der Waals surface area (Å²) in [5.41, 5.74) is 7.84. The molecule has 0 fully saturated rings. The molecule has 1 aliphatic carbocycles. The van der Waals surface area contributed by atoms with Crippen LogP contribution in [0.4, 0.5) is 0 Å². The fourth-order valence-electron chi connectivity index (χ4n) is 4.18. The number of aromatic nitrogens is 2. The van der Waals surface area contributed by atoms with Gasteiger partial charge in [-0.05, 0) is 77.1 Å². The molecule has 0 amide bonds. The minimum atomic E-state index is 0.445. The van der Waals surface area contributed by atoms with Crippen molar-refractivity contribution in [1.29, 1.82) is 0 Å². The fraction of sp³-hybridized carbons (Fsp3) is 0.476. The molecule has 0 saturated heterocycles. The van der Waals surface area contributed by atoms with E-state index in [9.17, 15) is 0 Å². The Bertz CT molecular complexity index is 871. The van der Waals surface area contributed by atoms with E-state index in [0.717, 1.165) is 30.8 Å². The summed E-state index contributed by atoms with van der Waals surface area (Å²) in [7, 11) is 0. The van der Waals surface area contributed by atoms with Crippen molar-refractivity contribution in [2.75, 3.05) is 6.54 Å². The lowest BCUT2D eigenvalue weighted by Gasteiger charge is -2.24. The van der Waals surface area contributed by atoms with Crippen molar-refractivity contribution < 1.29 is 4.52 Å². The normalized spacial score (nSPS) is 17.2. The monoisotopic (exact) mass is 337 g/mol. The Kier molecular flexibility index (Phi) is 4.38. The third-order valence-electron chi connectivity index (χ3n) is 5.54. The van der Waals surface area contributed by atoms with Crippen molar-refractivity contribution in [2.45, 2.75) is 58.9 Å². The molecule has 0 aliphatic heterocycles. The second kappa shape index (κ2) is 6.68. The molecule has 1 unspecified atom stereocenters. The van der Waals surface area contributed by atoms with E-state index >= 15 is 0 Å². The van der Waals surface area contributed by atoms with Crippen LogP contribution in [0.25, 0.3) is 10.9 Å². The Balaban J connectivity index is 1.44. The maximum Gasteiger partial charge on any atom is 0.137 e. The van der Waals surface area contributed by atoms with Crippen molar-refractivity contribution in [3.8, 4) is 0 Å². The number of benzene rings is 1. The summed E-state index contributed by atoms with van der Waals surface area (Å²) >= 11 is 0. The van der Waals surface area contributed by atoms with Crippen molar-refractivity contribution in [3.63, 3.8) is 0 Å². The first-order chi connectivity index (χ1) is 12.1. The largest absolute Gasteiger partial charge is 0.361 e. The van der Waals surface area contributed by atoms with Crippen molar-refractivity contribution >= 4 is 10.9 Å². The van der Waals surface area contributed by atoms with Gasteiger partial charge in [-0.15, -0.1) is 0 Å². The van der Waals surface area contributed by atoms with Crippen LogP contribution >= 0.6 is 0 Å². The molecule has 4 nitrogen and oxygen atoms in total. The molecule has 0 spiro atoms. The van der Waals surface area contributed by atoms with Crippen LogP contribution in [0, 0.1) is 20.8 Å². The Hall–Kier alpha value is -2.07. The number of nitrogens with zero attached hydrogens (tertiary/aromatic N) is 1. The first-order valence-electron chi connectivity index (χ1n) is 9.39. The number of nitrogens with one attached hydrogen (secondary N) is 2. The topological polar surface area (TPSA) is 53.9 Å². The number of fused-ring (bicyclic) bond motifs is 3. The molecule has 3 aromatic rings. The number of aromatic amines is 1. The van der Waals surface area contributed by atoms with Gasteiger partial charge in [0.2, 0.25) is 0 Å². The number of H-pyrrole nitrogens is 1. The van der Waals surface area contributed by atoms with Crippen LogP contribution in [-0.2, 0) is 12.8 Å². The zero-order valence-corrected chi connectivity index (χ0v) is 15.4. The van der Waals surface area contributed by atoms with Gasteiger partial charge >= 0.3 is 0 Å². The van der Waals surface area contributed by atoms with Crippen LogP contribution in [0.1, 0.15) is 59.1 Å². The van der Waals surface area contributed by atoms with Crippen LogP contribution in [0.15, 0.2) is 22.7 Å². The molecule has 4 heteroatoms. The van der Waals surface area contributed by atoms with E-state index in [1.165, 1.54) is 52.5 Å². The highest BCUT2D eigenvalue weighted by Gasteiger charge is 2.23. The summed E-state index contributed by atoms with van der Waals surface area (Å²) in [5, 5.41) is 9.23. The summed E-state index contributed by atoms with van der Waals surface area (Å²) < 4.78 is 5.26. The van der Waals surface area contributed by atoms with Gasteiger partial charge in [0.25, 0.3) is 0 Å². The number of hydrogen-bond acceptors (Lipinski definition) is 3. The van der Waals surface area contributed by atoms with E-state index < -0.39 is 0 Å². The molecule has 2 aromatic heterocycles. The molecule has 4 rings (SSSR count). The summed E-state index contributed by atoms with van der Waals surface area (Å²) in [6.07, 6.45) is 5.79. The average molecular weight is 337 g/mol. The van der Waals surface area contributed by atoms with E-state index in [-0.39, 0.29) is 0 Å². The van der Waals surface area contributed by atoms with E-state index in [2.05, 4.69) is 40.6 Å². The first-order valence-corrected chi connectivity index (χ1v) is 9.39. The number of rotatable bonds is 5. The molecule has 2 heterocycles. The predicted octanol–water partition coefficient (Wildman–Crippen LogP) is 4.68. The third-order valence-corrected chi connectivity index (χ3v) is 5.54. The maximum atomic E-state index is 5.26. The highest BCUT2D eigenvalue weighted by molar-refractivity contribution is 5.85. The Morgan fingerprint density at radius 1 is 1.28 bits per heavy atom. The number of hydrogen-bond donors (Lipinski definition) is 2. The molecule has 1 aromatic carbocycles. The Labute approximate surface area is 149 Å². The second-order valence-electron chi connectivity index (χ2n) is 7.37. The van der Waals surface area contributed by atoms with Crippen LogP contribution in [0.5, 0.6) is 0 Å². The summed E-state index contributed by atoms with van der Waals surface area (Å²) in [6, 6.07) is 7.18. The first kappa shape index (κ1) is 16.4. The Morgan fingerprint density at radius 2 is 2.16 bits per heavy atom. The molecule has 2 N–H and O–H groups in total. The molecular weight excluding hydrogens is 310 g/mol. The SMILES string of the molecule is Cc1ccc2[nH]c3c(c2c1)CCCC3NCCCc1c(C)noc1C. The van der Waals surface area contributed by atoms with E-state index in [1.807, 2.05) is 13.8 Å². The Morgan fingerprint density at radius 3 is 2.96 bits per heavy atom. The molecule has 0 saturated carbocycles. The summed E-state index contributed by atoms with van der Waals surface area (Å²) in [5.74, 6) is 0.962. The van der Waals surface area contributed by atoms with Gasteiger partial charge in [-0.3, -0.25) is 0 Å². The minimum Gasteiger partial charge on any atom is -0.361 e. The predicted molar refractivity (Wildman–Crippen MR) is 101 cm³/mol. The molecule has 0 bridgehead atoms. The lowest BCUT2D eigenvalue weighted by molar-refractivity contribution is 0.392. The van der Waals surface area contributed by atoms with Gasteiger partial charge in [0.05, 0.1) is 5.69 Å². The highest BCUT2D eigenvalue weighted by Crippen LogP contribution is 2.35. The van der Waals surface area contributed by atoms with Gasteiger partial charge in [-0.1, -0.05) is 16.8 Å². The van der Waals surface area contributed by atoms with Crippen LogP contribution in [0.3, 0.4) is 0 Å². The summed E-state index contributed by atoms with van der Waals surface area (Å²) in [6.45, 7) is 7.22. The second-order valence-corrected chi connectivity index (χ2v) is 7.37. The molecular formula is C21H27N3O. The molecule has 0 radical (unpaired) electrons. The van der Waals surface area contributed by atoms with Gasteiger partial charge in [-0.2, -0.15) is 0 Å². The van der Waals surface area contributed by atoms with Crippen LogP contribution < -0.4 is 5.32 Å². The van der Waals surface area contributed by atoms with Crippen molar-refractivity contribution in [2.24, 2.45) is 0 Å². The van der Waals surface area contributed by atoms with Gasteiger partial charge in [0.15, 0.2) is 0 Å². The minimum absolute atomic E-state index is 0.445. The lowest BCUT2D eigenvalue weighted by atomic mass is 9.91. The molecule has 1 aliphatic rings. The van der Waals surface area contributed by atoms with Gasteiger partial charge in [0.1, 0.15) is 5.76 Å². The maximum absolute atomic E-state index is 5.26. The van der Waals surface area contributed by atoms with Gasteiger partial charge in [0, 0.05) is 28.2 Å². The van der Waals surface area contributed by atoms with E-state index in [0.29, 0.717) is 6.04 Å². The van der Waals surface area contributed by atoms with Crippen molar-refractivity contribution in [1.82, 2.24) is 15.5 Å². The standard InChI is InChI=1S/C21H27N3O/c1-13-9-10-19-18(12-13)17-6-4-8-20(21(17)23-19)22-11-5-7-16-14(2)24-25-15(16)3/h9-10,12,20,22-23H,4-8,11H2,1-3H3. The van der Waals surface area contributed by atoms with E-state index in [4.69, 9.17) is 4.52 Å². The molecule has 132 valence electrons. The van der Waals surface area contributed by atoms with Crippen LogP contribution in [0.2, 0.25) is 0 Å². The summed E-state index contributed by atoms with van der Waals surface area (Å²) in [4.78, 5) is 3.68. The zero-order chi connectivity index (χ0) is 17.4.